The lowest BCUT2D eigenvalue weighted by molar-refractivity contribution is -0.0163. The molecule has 0 heterocycles. The standard InChI is InChI=1S/C16H24N2/c1-18(2)15(10-17)3-4-16-13-6-11-5-12(8-13)9-14(16)7-11/h3-4,11-16H,5-9H2,1-2H3/b4-3+. The Morgan fingerprint density at radius 3 is 2.06 bits per heavy atom. The van der Waals surface area contributed by atoms with Crippen LogP contribution in [0.1, 0.15) is 32.1 Å². The van der Waals surface area contributed by atoms with Crippen molar-refractivity contribution >= 4 is 0 Å². The second-order valence-corrected chi connectivity index (χ2v) is 6.93. The van der Waals surface area contributed by atoms with E-state index >= 15 is 0 Å². The van der Waals surface area contributed by atoms with Crippen LogP contribution in [0.3, 0.4) is 0 Å². The Bertz CT molecular complexity index is 349. The van der Waals surface area contributed by atoms with E-state index in [2.05, 4.69) is 18.2 Å². The van der Waals surface area contributed by atoms with Crippen LogP contribution in [0.5, 0.6) is 0 Å². The summed E-state index contributed by atoms with van der Waals surface area (Å²) in [5, 5.41) is 9.14. The van der Waals surface area contributed by atoms with E-state index in [1.54, 1.807) is 0 Å². The van der Waals surface area contributed by atoms with Crippen molar-refractivity contribution in [1.29, 1.82) is 5.26 Å². The second-order valence-electron chi connectivity index (χ2n) is 6.93. The highest BCUT2D eigenvalue weighted by atomic mass is 15.1. The van der Waals surface area contributed by atoms with Gasteiger partial charge in [-0.15, -0.1) is 0 Å². The van der Waals surface area contributed by atoms with Crippen molar-refractivity contribution in [3.8, 4) is 6.07 Å². The molecule has 0 aromatic heterocycles. The van der Waals surface area contributed by atoms with Crippen molar-refractivity contribution in [2.45, 2.75) is 38.1 Å². The van der Waals surface area contributed by atoms with Gasteiger partial charge in [0.25, 0.3) is 0 Å². The van der Waals surface area contributed by atoms with Crippen LogP contribution in [0.4, 0.5) is 0 Å². The largest absolute Gasteiger partial charge is 0.291 e. The zero-order valence-electron chi connectivity index (χ0n) is 11.5. The van der Waals surface area contributed by atoms with E-state index in [9.17, 15) is 0 Å². The summed E-state index contributed by atoms with van der Waals surface area (Å²) < 4.78 is 0. The molecule has 4 aliphatic rings. The molecule has 0 amide bonds. The molecular formula is C16H24N2. The van der Waals surface area contributed by atoms with Crippen molar-refractivity contribution in [3.63, 3.8) is 0 Å². The molecule has 1 atom stereocenters. The summed E-state index contributed by atoms with van der Waals surface area (Å²) in [5.41, 5.74) is 0. The average molecular weight is 244 g/mol. The van der Waals surface area contributed by atoms with Gasteiger partial charge in [-0.05, 0) is 75.8 Å². The van der Waals surface area contributed by atoms with Gasteiger partial charge >= 0.3 is 0 Å². The van der Waals surface area contributed by atoms with Crippen LogP contribution < -0.4 is 0 Å². The van der Waals surface area contributed by atoms with Gasteiger partial charge in [0.15, 0.2) is 0 Å². The van der Waals surface area contributed by atoms with Crippen LogP contribution >= 0.6 is 0 Å². The van der Waals surface area contributed by atoms with E-state index in [0.717, 1.165) is 29.6 Å². The van der Waals surface area contributed by atoms with E-state index < -0.39 is 0 Å². The first-order valence-corrected chi connectivity index (χ1v) is 7.41. The van der Waals surface area contributed by atoms with Gasteiger partial charge in [-0.25, -0.2) is 0 Å². The predicted octanol–water partition coefficient (Wildman–Crippen LogP) is 3.07. The predicted molar refractivity (Wildman–Crippen MR) is 72.8 cm³/mol. The summed E-state index contributed by atoms with van der Waals surface area (Å²) in [7, 11) is 3.96. The van der Waals surface area contributed by atoms with Gasteiger partial charge < -0.3 is 0 Å². The summed E-state index contributed by atoms with van der Waals surface area (Å²) in [4.78, 5) is 1.99. The highest BCUT2D eigenvalue weighted by molar-refractivity contribution is 5.11. The lowest BCUT2D eigenvalue weighted by atomic mass is 9.52. The third kappa shape index (κ3) is 2.10. The fourth-order valence-corrected chi connectivity index (χ4v) is 4.85. The molecule has 4 saturated carbocycles. The summed E-state index contributed by atoms with van der Waals surface area (Å²) in [6.45, 7) is 0. The maximum atomic E-state index is 9.14. The first-order valence-electron chi connectivity index (χ1n) is 7.41. The molecule has 0 N–H and O–H groups in total. The summed E-state index contributed by atoms with van der Waals surface area (Å²) in [6.07, 6.45) is 11.9. The fourth-order valence-electron chi connectivity index (χ4n) is 4.85. The number of rotatable bonds is 3. The molecule has 4 rings (SSSR count). The highest BCUT2D eigenvalue weighted by Gasteiger charge is 2.47. The second kappa shape index (κ2) is 4.70. The van der Waals surface area contributed by atoms with Gasteiger partial charge in [0.2, 0.25) is 0 Å². The number of hydrogen-bond donors (Lipinski definition) is 0. The molecule has 2 heteroatoms. The number of nitriles is 1. The van der Waals surface area contributed by atoms with Gasteiger partial charge in [0, 0.05) is 0 Å². The zero-order chi connectivity index (χ0) is 12.7. The molecule has 0 aromatic carbocycles. The van der Waals surface area contributed by atoms with Crippen molar-refractivity contribution in [3.05, 3.63) is 12.2 Å². The molecule has 0 aromatic rings. The Morgan fingerprint density at radius 2 is 1.61 bits per heavy atom. The van der Waals surface area contributed by atoms with Gasteiger partial charge in [0.05, 0.1) is 6.07 Å². The number of likely N-dealkylation sites (N-methyl/N-ethyl adjacent to an activating group) is 1. The SMILES string of the molecule is CN(C)C(C#N)/C=C/C1C2CC3CC(C2)CC1C3. The maximum absolute atomic E-state index is 9.14. The van der Waals surface area contributed by atoms with E-state index in [0.29, 0.717) is 0 Å². The molecule has 98 valence electrons. The maximum Gasteiger partial charge on any atom is 0.116 e. The minimum atomic E-state index is -0.0535. The lowest BCUT2D eigenvalue weighted by Gasteiger charge is -2.53. The van der Waals surface area contributed by atoms with E-state index in [4.69, 9.17) is 5.26 Å². The number of hydrogen-bond acceptors (Lipinski definition) is 2. The van der Waals surface area contributed by atoms with Gasteiger partial charge in [-0.1, -0.05) is 12.2 Å². The minimum absolute atomic E-state index is 0.0535. The normalized spacial score (nSPS) is 43.6. The highest BCUT2D eigenvalue weighted by Crippen LogP contribution is 2.56. The third-order valence-corrected chi connectivity index (χ3v) is 5.50. The van der Waals surface area contributed by atoms with Crippen molar-refractivity contribution < 1.29 is 0 Å². The molecule has 0 spiro atoms. The quantitative estimate of drug-likeness (QED) is 0.713. The Hall–Kier alpha value is -0.810. The van der Waals surface area contributed by atoms with Crippen LogP contribution in [0.2, 0.25) is 0 Å². The Morgan fingerprint density at radius 1 is 1.06 bits per heavy atom. The first-order chi connectivity index (χ1) is 8.67. The van der Waals surface area contributed by atoms with E-state index in [-0.39, 0.29) is 6.04 Å². The van der Waals surface area contributed by atoms with Crippen molar-refractivity contribution in [2.24, 2.45) is 29.6 Å². The molecular weight excluding hydrogens is 220 g/mol. The Labute approximate surface area is 111 Å². The molecule has 0 saturated heterocycles. The lowest BCUT2D eigenvalue weighted by Crippen LogP contribution is -2.44. The Balaban J connectivity index is 1.70. The monoisotopic (exact) mass is 244 g/mol. The van der Waals surface area contributed by atoms with Crippen LogP contribution in [0.15, 0.2) is 12.2 Å². The minimum Gasteiger partial charge on any atom is -0.291 e. The molecule has 4 fully saturated rings. The summed E-state index contributed by atoms with van der Waals surface area (Å²) >= 11 is 0. The number of allylic oxidation sites excluding steroid dienone is 1. The van der Waals surface area contributed by atoms with Crippen molar-refractivity contribution in [1.82, 2.24) is 4.90 Å². The molecule has 18 heavy (non-hydrogen) atoms. The van der Waals surface area contributed by atoms with Crippen LogP contribution in [0, 0.1) is 40.9 Å². The van der Waals surface area contributed by atoms with Crippen LogP contribution in [-0.2, 0) is 0 Å². The Kier molecular flexibility index (Phi) is 3.20. The van der Waals surface area contributed by atoms with E-state index in [1.165, 1.54) is 32.1 Å². The van der Waals surface area contributed by atoms with Crippen LogP contribution in [-0.4, -0.2) is 25.0 Å². The third-order valence-electron chi connectivity index (χ3n) is 5.50. The topological polar surface area (TPSA) is 27.0 Å². The number of nitrogens with zero attached hydrogens (tertiary/aromatic N) is 2. The molecule has 4 aliphatic carbocycles. The van der Waals surface area contributed by atoms with Crippen molar-refractivity contribution in [2.75, 3.05) is 14.1 Å². The zero-order valence-corrected chi connectivity index (χ0v) is 11.5. The van der Waals surface area contributed by atoms with Gasteiger partial charge in [0.1, 0.15) is 6.04 Å². The molecule has 4 bridgehead atoms. The van der Waals surface area contributed by atoms with Gasteiger partial charge in [-0.3, -0.25) is 4.90 Å². The molecule has 2 nitrogen and oxygen atoms in total. The smallest absolute Gasteiger partial charge is 0.116 e. The van der Waals surface area contributed by atoms with Crippen LogP contribution in [0.25, 0.3) is 0 Å². The summed E-state index contributed by atoms with van der Waals surface area (Å²) in [6, 6.07) is 2.31. The molecule has 0 aliphatic heterocycles. The molecule has 1 unspecified atom stereocenters. The molecule has 0 radical (unpaired) electrons. The summed E-state index contributed by atoms with van der Waals surface area (Å²) in [5.74, 6) is 4.71. The van der Waals surface area contributed by atoms with E-state index in [1.807, 2.05) is 19.0 Å². The van der Waals surface area contributed by atoms with Gasteiger partial charge in [-0.2, -0.15) is 5.26 Å². The first kappa shape index (κ1) is 12.2. The average Bonchev–Trinajstić information content (AvgIpc) is 2.31. The fraction of sp³-hybridized carbons (Fsp3) is 0.812.